The van der Waals surface area contributed by atoms with Gasteiger partial charge in [0.25, 0.3) is 3.79 Å². The number of hydrogen-bond donors (Lipinski definition) is 1. The minimum atomic E-state index is -1.81. The van der Waals surface area contributed by atoms with Gasteiger partial charge in [-0.2, -0.15) is 0 Å². The molecule has 0 saturated carbocycles. The molecular weight excluding hydrogens is 212 g/mol. The standard InChI is InChI=1S/C5H8Cl3NO2/c1-3(10-2)11-4(9)5(6,7)8/h3,9H,1-2H3. The first-order valence-electron chi connectivity index (χ1n) is 2.73. The van der Waals surface area contributed by atoms with Crippen molar-refractivity contribution >= 4 is 40.7 Å². The molecule has 6 heteroatoms. The highest BCUT2D eigenvalue weighted by Crippen LogP contribution is 2.28. The van der Waals surface area contributed by atoms with E-state index < -0.39 is 16.0 Å². The molecule has 11 heavy (non-hydrogen) atoms. The lowest BCUT2D eigenvalue weighted by Crippen LogP contribution is -2.26. The number of halogens is 3. The average Bonchev–Trinajstić information content (AvgIpc) is 1.85. The van der Waals surface area contributed by atoms with Crippen molar-refractivity contribution in [1.29, 1.82) is 5.41 Å². The molecule has 0 saturated heterocycles. The quantitative estimate of drug-likeness (QED) is 0.336. The molecule has 0 heterocycles. The Kier molecular flexibility index (Phi) is 4.48. The summed E-state index contributed by atoms with van der Waals surface area (Å²) < 4.78 is 7.59. The van der Waals surface area contributed by atoms with Crippen LogP contribution in [0.1, 0.15) is 6.92 Å². The predicted molar refractivity (Wildman–Crippen MR) is 45.6 cm³/mol. The Morgan fingerprint density at radius 1 is 1.45 bits per heavy atom. The lowest BCUT2D eigenvalue weighted by atomic mass is 10.7. The average molecular weight is 220 g/mol. The largest absolute Gasteiger partial charge is 0.448 e. The molecule has 1 atom stereocenters. The van der Waals surface area contributed by atoms with Gasteiger partial charge in [0.2, 0.25) is 5.90 Å². The highest BCUT2D eigenvalue weighted by atomic mass is 35.6. The maximum Gasteiger partial charge on any atom is 0.265 e. The maximum absolute atomic E-state index is 7.08. The second kappa shape index (κ2) is 4.36. The Morgan fingerprint density at radius 3 is 2.18 bits per heavy atom. The molecule has 0 aliphatic rings. The number of nitrogens with one attached hydrogen (secondary N) is 1. The van der Waals surface area contributed by atoms with Crippen LogP contribution in [0.3, 0.4) is 0 Å². The van der Waals surface area contributed by atoms with Crippen LogP contribution in [0.4, 0.5) is 0 Å². The molecule has 1 N–H and O–H groups in total. The van der Waals surface area contributed by atoms with Gasteiger partial charge >= 0.3 is 0 Å². The highest BCUT2D eigenvalue weighted by Gasteiger charge is 2.29. The third-order valence-corrected chi connectivity index (χ3v) is 1.39. The number of methoxy groups -OCH3 is 1. The van der Waals surface area contributed by atoms with E-state index in [9.17, 15) is 0 Å². The third kappa shape index (κ3) is 4.69. The molecule has 0 aromatic rings. The van der Waals surface area contributed by atoms with Crippen LogP contribution >= 0.6 is 34.8 Å². The van der Waals surface area contributed by atoms with Crippen LogP contribution in [-0.4, -0.2) is 23.1 Å². The fourth-order valence-electron chi connectivity index (χ4n) is 0.281. The van der Waals surface area contributed by atoms with Crippen LogP contribution in [0.25, 0.3) is 0 Å². The van der Waals surface area contributed by atoms with Crippen molar-refractivity contribution in [3.05, 3.63) is 0 Å². The van der Waals surface area contributed by atoms with Crippen LogP contribution in [0, 0.1) is 5.41 Å². The SMILES string of the molecule is COC(C)OC(=N)C(Cl)(Cl)Cl. The summed E-state index contributed by atoms with van der Waals surface area (Å²) in [6.07, 6.45) is -0.585. The van der Waals surface area contributed by atoms with Gasteiger partial charge in [0.15, 0.2) is 6.29 Å². The summed E-state index contributed by atoms with van der Waals surface area (Å²) in [5, 5.41) is 7.08. The van der Waals surface area contributed by atoms with E-state index in [1.807, 2.05) is 0 Å². The van der Waals surface area contributed by atoms with Crippen LogP contribution in [0.2, 0.25) is 0 Å². The van der Waals surface area contributed by atoms with E-state index in [2.05, 4.69) is 4.74 Å². The van der Waals surface area contributed by atoms with Crippen molar-refractivity contribution in [1.82, 2.24) is 0 Å². The van der Waals surface area contributed by atoms with E-state index in [1.165, 1.54) is 7.11 Å². The number of ether oxygens (including phenoxy) is 2. The summed E-state index contributed by atoms with van der Waals surface area (Å²) in [6.45, 7) is 1.59. The van der Waals surface area contributed by atoms with E-state index in [-0.39, 0.29) is 0 Å². The number of rotatable bonds is 2. The summed E-state index contributed by atoms with van der Waals surface area (Å²) in [5.41, 5.74) is 0. The van der Waals surface area contributed by atoms with Gasteiger partial charge in [-0.05, 0) is 6.92 Å². The zero-order valence-electron chi connectivity index (χ0n) is 6.03. The lowest BCUT2D eigenvalue weighted by molar-refractivity contribution is -0.0492. The zero-order chi connectivity index (χ0) is 9.07. The van der Waals surface area contributed by atoms with Crippen LogP contribution in [0.5, 0.6) is 0 Å². The molecule has 0 aliphatic carbocycles. The number of hydrogen-bond acceptors (Lipinski definition) is 3. The molecule has 0 amide bonds. The molecule has 3 nitrogen and oxygen atoms in total. The Bertz CT molecular complexity index is 145. The predicted octanol–water partition coefficient (Wildman–Crippen LogP) is 2.34. The van der Waals surface area contributed by atoms with E-state index in [4.69, 9.17) is 44.9 Å². The Morgan fingerprint density at radius 2 is 1.91 bits per heavy atom. The molecule has 0 fully saturated rings. The molecule has 0 bridgehead atoms. The summed E-state index contributed by atoms with van der Waals surface area (Å²) in [4.78, 5) is 0. The Labute approximate surface area is 80.0 Å². The van der Waals surface area contributed by atoms with Crippen molar-refractivity contribution in [2.75, 3.05) is 7.11 Å². The fourth-order valence-corrected chi connectivity index (χ4v) is 0.415. The zero-order valence-corrected chi connectivity index (χ0v) is 8.30. The monoisotopic (exact) mass is 219 g/mol. The van der Waals surface area contributed by atoms with E-state index >= 15 is 0 Å². The van der Waals surface area contributed by atoms with Crippen LogP contribution < -0.4 is 0 Å². The molecule has 66 valence electrons. The van der Waals surface area contributed by atoms with Gasteiger partial charge < -0.3 is 9.47 Å². The first-order valence-corrected chi connectivity index (χ1v) is 3.86. The highest BCUT2D eigenvalue weighted by molar-refractivity contribution is 6.76. The van der Waals surface area contributed by atoms with Crippen LogP contribution in [0.15, 0.2) is 0 Å². The molecule has 0 aromatic heterocycles. The molecule has 0 aromatic carbocycles. The molecule has 0 spiro atoms. The molecule has 0 radical (unpaired) electrons. The fraction of sp³-hybridized carbons (Fsp3) is 0.800. The van der Waals surface area contributed by atoms with Crippen molar-refractivity contribution < 1.29 is 9.47 Å². The smallest absolute Gasteiger partial charge is 0.265 e. The van der Waals surface area contributed by atoms with Gasteiger partial charge in [-0.25, -0.2) is 0 Å². The first-order chi connectivity index (χ1) is 4.88. The molecule has 0 rings (SSSR count). The first kappa shape index (κ1) is 11.3. The minimum absolute atomic E-state index is 0.447. The van der Waals surface area contributed by atoms with E-state index in [0.717, 1.165) is 0 Å². The molecular formula is C5H8Cl3NO2. The van der Waals surface area contributed by atoms with Crippen LogP contribution in [-0.2, 0) is 9.47 Å². The molecule has 1 unspecified atom stereocenters. The second-order valence-electron chi connectivity index (χ2n) is 1.75. The second-order valence-corrected chi connectivity index (χ2v) is 4.03. The third-order valence-electron chi connectivity index (χ3n) is 0.873. The Hall–Kier alpha value is 0.300. The number of alkyl halides is 3. The minimum Gasteiger partial charge on any atom is -0.448 e. The summed E-state index contributed by atoms with van der Waals surface area (Å²) in [5.74, 6) is -0.447. The van der Waals surface area contributed by atoms with Crippen molar-refractivity contribution in [3.63, 3.8) is 0 Å². The van der Waals surface area contributed by atoms with Gasteiger partial charge in [-0.1, -0.05) is 34.8 Å². The van der Waals surface area contributed by atoms with Gasteiger partial charge in [0.05, 0.1) is 0 Å². The summed E-state index contributed by atoms with van der Waals surface area (Å²) in [6, 6.07) is 0. The van der Waals surface area contributed by atoms with Gasteiger partial charge in [0, 0.05) is 7.11 Å². The van der Waals surface area contributed by atoms with Gasteiger partial charge in [-0.3, -0.25) is 5.41 Å². The topological polar surface area (TPSA) is 42.3 Å². The van der Waals surface area contributed by atoms with E-state index in [1.54, 1.807) is 6.92 Å². The van der Waals surface area contributed by atoms with Crippen molar-refractivity contribution in [3.8, 4) is 0 Å². The normalized spacial score (nSPS) is 14.3. The van der Waals surface area contributed by atoms with Crippen molar-refractivity contribution in [2.45, 2.75) is 17.0 Å². The van der Waals surface area contributed by atoms with Gasteiger partial charge in [0.1, 0.15) is 0 Å². The summed E-state index contributed by atoms with van der Waals surface area (Å²) in [7, 11) is 1.43. The Balaban J connectivity index is 3.88. The van der Waals surface area contributed by atoms with E-state index in [0.29, 0.717) is 0 Å². The molecule has 0 aliphatic heterocycles. The van der Waals surface area contributed by atoms with Gasteiger partial charge in [-0.15, -0.1) is 0 Å². The maximum atomic E-state index is 7.08. The summed E-state index contributed by atoms with van der Waals surface area (Å²) >= 11 is 15.9. The lowest BCUT2D eigenvalue weighted by Gasteiger charge is -2.17. The van der Waals surface area contributed by atoms with Crippen molar-refractivity contribution in [2.24, 2.45) is 0 Å².